The number of carbonyl (C=O) groups is 3. The Labute approximate surface area is 250 Å². The Bertz CT molecular complexity index is 1420. The lowest BCUT2D eigenvalue weighted by Gasteiger charge is -2.71. The molecule has 3 N–H and O–H groups in total. The molecule has 2 saturated carbocycles. The van der Waals surface area contributed by atoms with E-state index in [2.05, 4.69) is 0 Å². The maximum Gasteiger partial charge on any atom is 0.343 e. The highest BCUT2D eigenvalue weighted by atomic mass is 16.8. The summed E-state index contributed by atoms with van der Waals surface area (Å²) >= 11 is 0. The van der Waals surface area contributed by atoms with Gasteiger partial charge in [-0.15, -0.1) is 0 Å². The van der Waals surface area contributed by atoms with Gasteiger partial charge in [-0.25, -0.2) is 9.59 Å². The third-order valence-corrected chi connectivity index (χ3v) is 11.0. The second-order valence-electron chi connectivity index (χ2n) is 13.9. The van der Waals surface area contributed by atoms with Gasteiger partial charge in [-0.3, -0.25) is 4.79 Å². The summed E-state index contributed by atoms with van der Waals surface area (Å²) in [4.78, 5) is 40.3. The van der Waals surface area contributed by atoms with Gasteiger partial charge in [-0.2, -0.15) is 0 Å². The van der Waals surface area contributed by atoms with Crippen LogP contribution in [0.2, 0.25) is 0 Å². The maximum atomic E-state index is 14.1. The lowest BCUT2D eigenvalue weighted by Crippen LogP contribution is -2.85. The number of benzene rings is 1. The zero-order valence-electron chi connectivity index (χ0n) is 25.5. The first kappa shape index (κ1) is 30.2. The van der Waals surface area contributed by atoms with Crippen LogP contribution in [0.4, 0.5) is 0 Å². The molecular formula is C32H40O11. The summed E-state index contributed by atoms with van der Waals surface area (Å²) in [6.45, 7) is 10.7. The molecule has 1 aromatic carbocycles. The van der Waals surface area contributed by atoms with Crippen LogP contribution < -0.4 is 0 Å². The number of hydrogen-bond acceptors (Lipinski definition) is 11. The van der Waals surface area contributed by atoms with E-state index >= 15 is 0 Å². The van der Waals surface area contributed by atoms with Crippen molar-refractivity contribution in [3.05, 3.63) is 47.0 Å². The van der Waals surface area contributed by atoms with Gasteiger partial charge in [0.25, 0.3) is 0 Å². The predicted molar refractivity (Wildman–Crippen MR) is 148 cm³/mol. The summed E-state index contributed by atoms with van der Waals surface area (Å²) in [6, 6.07) is 8.34. The van der Waals surface area contributed by atoms with Gasteiger partial charge in [0, 0.05) is 24.7 Å². The van der Waals surface area contributed by atoms with Crippen LogP contribution in [-0.4, -0.2) is 86.8 Å². The number of aliphatic hydroxyl groups is 3. The fourth-order valence-electron chi connectivity index (χ4n) is 9.16. The van der Waals surface area contributed by atoms with E-state index in [9.17, 15) is 29.7 Å². The van der Waals surface area contributed by atoms with E-state index in [1.165, 1.54) is 6.92 Å². The van der Waals surface area contributed by atoms with Gasteiger partial charge in [-0.1, -0.05) is 25.1 Å². The van der Waals surface area contributed by atoms with Crippen LogP contribution in [0, 0.1) is 16.7 Å². The largest absolute Gasteiger partial charge is 0.463 e. The summed E-state index contributed by atoms with van der Waals surface area (Å²) in [5.74, 6) is -4.73. The monoisotopic (exact) mass is 600 g/mol. The molecule has 0 amide bonds. The van der Waals surface area contributed by atoms with Crippen molar-refractivity contribution in [2.45, 2.75) is 108 Å². The fourth-order valence-corrected chi connectivity index (χ4v) is 9.16. The quantitative estimate of drug-likeness (QED) is 0.264. The number of rotatable bonds is 4. The third-order valence-electron chi connectivity index (χ3n) is 11.0. The lowest BCUT2D eigenvalue weighted by molar-refractivity contribution is -0.331. The number of hydrogen-bond donors (Lipinski definition) is 3. The van der Waals surface area contributed by atoms with E-state index in [1.54, 1.807) is 71.9 Å². The second kappa shape index (κ2) is 9.10. The van der Waals surface area contributed by atoms with E-state index in [4.69, 9.17) is 23.7 Å². The summed E-state index contributed by atoms with van der Waals surface area (Å²) < 4.78 is 31.1. The molecule has 2 aliphatic heterocycles. The van der Waals surface area contributed by atoms with Crippen molar-refractivity contribution in [1.82, 2.24) is 0 Å². The molecule has 2 heterocycles. The van der Waals surface area contributed by atoms with Crippen molar-refractivity contribution >= 4 is 17.9 Å². The number of ether oxygens (including phenoxy) is 5. The number of esters is 3. The van der Waals surface area contributed by atoms with Gasteiger partial charge < -0.3 is 39.0 Å². The average Bonchev–Trinajstić information content (AvgIpc) is 3.35. The van der Waals surface area contributed by atoms with Gasteiger partial charge in [0.2, 0.25) is 0 Å². The van der Waals surface area contributed by atoms with E-state index in [0.29, 0.717) is 5.57 Å². The minimum atomic E-state index is -2.46. The number of aliphatic hydroxyl groups excluding tert-OH is 2. The molecule has 11 nitrogen and oxygen atoms in total. The molecule has 43 heavy (non-hydrogen) atoms. The maximum absolute atomic E-state index is 14.1. The van der Waals surface area contributed by atoms with Crippen LogP contribution in [0.5, 0.6) is 0 Å². The average molecular weight is 601 g/mol. The Morgan fingerprint density at radius 3 is 2.35 bits per heavy atom. The Hall–Kier alpha value is -2.83. The van der Waals surface area contributed by atoms with E-state index in [-0.39, 0.29) is 30.6 Å². The molecule has 2 saturated heterocycles. The molecule has 2 bridgehead atoms. The van der Waals surface area contributed by atoms with Gasteiger partial charge in [-0.05, 0) is 64.3 Å². The molecule has 4 fully saturated rings. The highest BCUT2D eigenvalue weighted by Gasteiger charge is 2.87. The Kier molecular flexibility index (Phi) is 6.40. The van der Waals surface area contributed by atoms with Crippen molar-refractivity contribution in [2.24, 2.45) is 16.7 Å². The van der Waals surface area contributed by atoms with Crippen LogP contribution >= 0.6 is 0 Å². The summed E-state index contributed by atoms with van der Waals surface area (Å²) in [5.41, 5.74) is -7.99. The standard InChI is InChI=1S/C32H40O11/c1-16-19(34)14-30-22(16)32(38,26(37)42-27(30,3)4)29(7)20(35)13-21-31(15-39-17(2)33,43-28(5,6)41-21)23(29)24(30)40-25(36)18-11-9-8-10-12-18/h8-12,19-21,23-24,34-35,38H,13-15H2,1-7H3. The molecule has 1 aromatic rings. The van der Waals surface area contributed by atoms with Crippen LogP contribution in [-0.2, 0) is 33.3 Å². The van der Waals surface area contributed by atoms with Crippen molar-refractivity contribution in [3.8, 4) is 0 Å². The zero-order chi connectivity index (χ0) is 31.5. The summed E-state index contributed by atoms with van der Waals surface area (Å²) in [7, 11) is 0. The molecule has 0 radical (unpaired) electrons. The number of fused-ring (bicyclic) bond motifs is 4. The van der Waals surface area contributed by atoms with E-state index in [1.807, 2.05) is 0 Å². The van der Waals surface area contributed by atoms with Crippen LogP contribution in [0.1, 0.15) is 71.7 Å². The minimum Gasteiger partial charge on any atom is -0.463 e. The molecule has 6 rings (SSSR count). The topological polar surface area (TPSA) is 158 Å². The Morgan fingerprint density at radius 2 is 1.72 bits per heavy atom. The SMILES string of the molecule is CC(=O)OCC12OC(C)(C)OC1CC(O)C1(C)C2C(OC(=O)c2ccccc2)C23CC(O)C(C)=C2C1(O)C(=O)OC3(C)C. The third kappa shape index (κ3) is 3.63. The number of carbonyl (C=O) groups excluding carboxylic acids is 3. The minimum absolute atomic E-state index is 0.0509. The zero-order valence-corrected chi connectivity index (χ0v) is 25.5. The van der Waals surface area contributed by atoms with Gasteiger partial charge in [0.1, 0.15) is 23.9 Å². The molecule has 9 atom stereocenters. The molecule has 9 unspecified atom stereocenters. The molecule has 0 aromatic heterocycles. The first-order valence-electron chi connectivity index (χ1n) is 14.7. The van der Waals surface area contributed by atoms with Crippen LogP contribution in [0.3, 0.4) is 0 Å². The first-order chi connectivity index (χ1) is 19.9. The van der Waals surface area contributed by atoms with Gasteiger partial charge in [0.15, 0.2) is 11.4 Å². The normalized spacial score (nSPS) is 43.7. The Balaban J connectivity index is 1.69. The lowest BCUT2D eigenvalue weighted by atomic mass is 9.38. The van der Waals surface area contributed by atoms with Crippen molar-refractivity contribution in [1.29, 1.82) is 0 Å². The first-order valence-corrected chi connectivity index (χ1v) is 14.7. The van der Waals surface area contributed by atoms with Gasteiger partial charge >= 0.3 is 17.9 Å². The highest BCUT2D eigenvalue weighted by molar-refractivity contribution is 5.91. The fraction of sp³-hybridized carbons (Fsp3) is 0.656. The second-order valence-corrected chi connectivity index (χ2v) is 13.9. The molecule has 11 heteroatoms. The van der Waals surface area contributed by atoms with E-state index in [0.717, 1.165) is 0 Å². The Morgan fingerprint density at radius 1 is 1.07 bits per heavy atom. The molecule has 234 valence electrons. The van der Waals surface area contributed by atoms with Crippen molar-refractivity contribution in [2.75, 3.05) is 6.61 Å². The summed E-state index contributed by atoms with van der Waals surface area (Å²) in [6.07, 6.45) is -4.82. The summed E-state index contributed by atoms with van der Waals surface area (Å²) in [5, 5.41) is 36.2. The number of cyclic esters (lactones) is 1. The molecular weight excluding hydrogens is 560 g/mol. The van der Waals surface area contributed by atoms with Crippen LogP contribution in [0.15, 0.2) is 41.5 Å². The van der Waals surface area contributed by atoms with Crippen molar-refractivity contribution in [3.63, 3.8) is 0 Å². The molecule has 0 spiro atoms. The van der Waals surface area contributed by atoms with Crippen LogP contribution in [0.25, 0.3) is 0 Å². The van der Waals surface area contributed by atoms with Gasteiger partial charge in [0.05, 0.1) is 29.3 Å². The molecule has 5 aliphatic rings. The smallest absolute Gasteiger partial charge is 0.343 e. The predicted octanol–water partition coefficient (Wildman–Crippen LogP) is 2.20. The van der Waals surface area contributed by atoms with Crippen molar-refractivity contribution < 1.29 is 53.4 Å². The van der Waals surface area contributed by atoms with E-state index < -0.39 is 81.7 Å². The highest BCUT2D eigenvalue weighted by Crippen LogP contribution is 2.75. The molecule has 3 aliphatic carbocycles.